The number of benzene rings is 2. The summed E-state index contributed by atoms with van der Waals surface area (Å²) in [7, 11) is -3.90. The van der Waals surface area contributed by atoms with E-state index in [4.69, 9.17) is 21.1 Å². The molecule has 2 bridgehead atoms. The van der Waals surface area contributed by atoms with Gasteiger partial charge in [-0.2, -0.15) is 0 Å². The Labute approximate surface area is 284 Å². The van der Waals surface area contributed by atoms with Gasteiger partial charge in [-0.3, -0.25) is 4.79 Å². The van der Waals surface area contributed by atoms with Gasteiger partial charge >= 0.3 is 0 Å². The number of carbonyl (C=O) groups is 1. The van der Waals surface area contributed by atoms with Crippen molar-refractivity contribution in [2.75, 3.05) is 50.8 Å². The summed E-state index contributed by atoms with van der Waals surface area (Å²) in [5, 5.41) is 0.00936. The normalized spacial score (nSPS) is 32.9. The lowest BCUT2D eigenvalue weighted by Gasteiger charge is -2.46. The molecule has 7 rings (SSSR count). The number of fused-ring (bicyclic) bond motifs is 4. The third-order valence-corrected chi connectivity index (χ3v) is 13.8. The van der Waals surface area contributed by atoms with Crippen molar-refractivity contribution < 1.29 is 22.7 Å². The van der Waals surface area contributed by atoms with Crippen LogP contribution < -0.4 is 14.4 Å². The number of carbonyl (C=O) groups excluding carboxylic acids is 1. The number of nitrogens with one attached hydrogen (secondary N) is 1. The van der Waals surface area contributed by atoms with Gasteiger partial charge in [0.25, 0.3) is 5.91 Å². The van der Waals surface area contributed by atoms with Crippen molar-refractivity contribution in [3.63, 3.8) is 0 Å². The molecule has 2 aromatic rings. The van der Waals surface area contributed by atoms with Crippen LogP contribution in [0, 0.1) is 17.8 Å². The molecule has 10 heteroatoms. The van der Waals surface area contributed by atoms with E-state index in [-0.39, 0.29) is 17.4 Å². The number of sulfonamides is 1. The van der Waals surface area contributed by atoms with Crippen molar-refractivity contribution in [2.24, 2.45) is 17.8 Å². The predicted molar refractivity (Wildman–Crippen MR) is 186 cm³/mol. The Kier molecular flexibility index (Phi) is 9.37. The van der Waals surface area contributed by atoms with Crippen LogP contribution in [0.1, 0.15) is 73.9 Å². The van der Waals surface area contributed by atoms with Crippen LogP contribution in [0.3, 0.4) is 0 Å². The van der Waals surface area contributed by atoms with Crippen molar-refractivity contribution in [1.29, 1.82) is 0 Å². The van der Waals surface area contributed by atoms with Crippen LogP contribution in [0.15, 0.2) is 48.6 Å². The summed E-state index contributed by atoms with van der Waals surface area (Å²) < 4.78 is 42.4. The van der Waals surface area contributed by atoms with Crippen molar-refractivity contribution >= 4 is 33.2 Å². The van der Waals surface area contributed by atoms with Crippen LogP contribution in [-0.4, -0.2) is 76.5 Å². The Morgan fingerprint density at radius 3 is 2.72 bits per heavy atom. The molecule has 8 nitrogen and oxygen atoms in total. The topological polar surface area (TPSA) is 88.2 Å². The van der Waals surface area contributed by atoms with E-state index in [0.29, 0.717) is 37.0 Å². The molecule has 2 aromatic carbocycles. The third-order valence-electron chi connectivity index (χ3n) is 11.7. The summed E-state index contributed by atoms with van der Waals surface area (Å²) >= 11 is 6.45. The molecule has 3 heterocycles. The van der Waals surface area contributed by atoms with Crippen LogP contribution in [0.5, 0.6) is 5.75 Å². The number of nitrogens with zero attached hydrogens (tertiary/aromatic N) is 2. The molecule has 0 aromatic heterocycles. The van der Waals surface area contributed by atoms with E-state index in [1.165, 1.54) is 17.5 Å². The molecule has 1 spiro atoms. The minimum atomic E-state index is -3.90. The van der Waals surface area contributed by atoms with Crippen LogP contribution in [0.25, 0.3) is 0 Å². The number of ether oxygens (including phenoxy) is 2. The molecule has 2 fully saturated rings. The molecule has 5 aliphatic rings. The summed E-state index contributed by atoms with van der Waals surface area (Å²) in [6.07, 6.45) is 11.4. The molecule has 1 N–H and O–H groups in total. The van der Waals surface area contributed by atoms with Gasteiger partial charge in [0.2, 0.25) is 10.0 Å². The van der Waals surface area contributed by atoms with E-state index in [2.05, 4.69) is 38.8 Å². The van der Waals surface area contributed by atoms with E-state index < -0.39 is 21.2 Å². The van der Waals surface area contributed by atoms with Gasteiger partial charge in [0.1, 0.15) is 5.75 Å². The van der Waals surface area contributed by atoms with E-state index >= 15 is 0 Å². The highest BCUT2D eigenvalue weighted by atomic mass is 35.5. The number of allylic oxidation sites excluding steroid dienone is 1. The average molecular weight is 682 g/mol. The largest absolute Gasteiger partial charge is 0.490 e. The lowest BCUT2D eigenvalue weighted by atomic mass is 9.68. The maximum Gasteiger partial charge on any atom is 0.264 e. The van der Waals surface area contributed by atoms with Gasteiger partial charge in [-0.05, 0) is 124 Å². The fourth-order valence-corrected chi connectivity index (χ4v) is 9.72. The van der Waals surface area contributed by atoms with Gasteiger partial charge in [0.15, 0.2) is 0 Å². The van der Waals surface area contributed by atoms with Gasteiger partial charge in [-0.15, -0.1) is 0 Å². The quantitative estimate of drug-likeness (QED) is 0.398. The molecular weight excluding hydrogens is 634 g/mol. The SMILES string of the molecule is C[C@@H]1[C@@H](C)C/C=C\[C@H](OCCN2CCC2)[C@@H]2CC[C@H]2CN2C[C@@]3(CCCc4cc(Cl)ccc43)COc3ccc(cc32)C(=O)NS1(=O)=O. The van der Waals surface area contributed by atoms with E-state index in [0.717, 1.165) is 81.3 Å². The first-order valence-electron chi connectivity index (χ1n) is 17.5. The number of halogens is 1. The Morgan fingerprint density at radius 2 is 1.96 bits per heavy atom. The molecule has 1 saturated heterocycles. The number of likely N-dealkylation sites (tertiary alicyclic amines) is 1. The fourth-order valence-electron chi connectivity index (χ4n) is 8.24. The Morgan fingerprint density at radius 1 is 1.11 bits per heavy atom. The zero-order chi connectivity index (χ0) is 32.8. The summed E-state index contributed by atoms with van der Waals surface area (Å²) in [5.41, 5.74) is 3.50. The zero-order valence-electron chi connectivity index (χ0n) is 27.6. The average Bonchev–Trinajstić information content (AvgIpc) is 3.16. The fraction of sp³-hybridized carbons (Fsp3) is 0.595. The second kappa shape index (κ2) is 13.4. The first kappa shape index (κ1) is 32.9. The third kappa shape index (κ3) is 6.70. The smallest absolute Gasteiger partial charge is 0.264 e. The molecule has 1 amide bonds. The number of rotatable bonds is 4. The Hall–Kier alpha value is -2.59. The predicted octanol–water partition coefficient (Wildman–Crippen LogP) is 5.97. The minimum Gasteiger partial charge on any atom is -0.490 e. The number of hydrogen-bond acceptors (Lipinski definition) is 7. The first-order valence-corrected chi connectivity index (χ1v) is 19.4. The van der Waals surface area contributed by atoms with Gasteiger partial charge in [-0.25, -0.2) is 13.1 Å². The summed E-state index contributed by atoms with van der Waals surface area (Å²) in [6.45, 7) is 9.61. The Bertz CT molecular complexity index is 1630. The highest BCUT2D eigenvalue weighted by Crippen LogP contribution is 2.47. The van der Waals surface area contributed by atoms with Crippen molar-refractivity contribution in [3.05, 3.63) is 70.3 Å². The van der Waals surface area contributed by atoms with Crippen molar-refractivity contribution in [3.8, 4) is 5.75 Å². The van der Waals surface area contributed by atoms with Crippen LogP contribution in [0.2, 0.25) is 5.02 Å². The number of aryl methyl sites for hydroxylation is 1. The molecular formula is C37H48ClN3O5S. The lowest BCUT2D eigenvalue weighted by molar-refractivity contribution is -0.0253. The minimum absolute atomic E-state index is 0.0257. The van der Waals surface area contributed by atoms with Crippen molar-refractivity contribution in [2.45, 2.75) is 75.6 Å². The standard InChI is InChI=1S/C37H48ClN3O5S/c1-25-6-3-8-34(45-19-18-40-16-5-17-40)31-12-9-29(31)22-41-23-37(15-4-7-27-20-30(38)11-13-32(27)37)24-46-35-14-10-28(21-33(35)41)36(42)39-47(43,44)26(25)2/h3,8,10-11,13-14,20-21,25-26,29,31,34H,4-7,9,12,15-19,22-24H2,1-2H3,(H,39,42)/b8-3-/t25-,26+,29-,31+,34-,37-/m0/s1. The van der Waals surface area contributed by atoms with Gasteiger partial charge in [0, 0.05) is 35.6 Å². The van der Waals surface area contributed by atoms with Gasteiger partial charge in [0.05, 0.1) is 30.3 Å². The van der Waals surface area contributed by atoms with Crippen molar-refractivity contribution in [1.82, 2.24) is 9.62 Å². The van der Waals surface area contributed by atoms with E-state index in [1.54, 1.807) is 13.0 Å². The molecule has 47 heavy (non-hydrogen) atoms. The highest BCUT2D eigenvalue weighted by molar-refractivity contribution is 7.90. The van der Waals surface area contributed by atoms with Gasteiger partial charge < -0.3 is 19.3 Å². The monoisotopic (exact) mass is 681 g/mol. The van der Waals surface area contributed by atoms with Crippen LogP contribution in [0.4, 0.5) is 5.69 Å². The summed E-state index contributed by atoms with van der Waals surface area (Å²) in [5.74, 6) is 0.710. The van der Waals surface area contributed by atoms with Gasteiger partial charge in [-0.1, -0.05) is 36.7 Å². The molecule has 6 atom stereocenters. The second-order valence-corrected chi connectivity index (χ2v) is 17.1. The summed E-state index contributed by atoms with van der Waals surface area (Å²) in [6, 6.07) is 11.6. The maximum atomic E-state index is 13.5. The summed E-state index contributed by atoms with van der Waals surface area (Å²) in [4.78, 5) is 18.3. The van der Waals surface area contributed by atoms with E-state index in [9.17, 15) is 13.2 Å². The molecule has 0 unspecified atom stereocenters. The van der Waals surface area contributed by atoms with Crippen LogP contribution >= 0.6 is 11.6 Å². The maximum absolute atomic E-state index is 13.5. The highest BCUT2D eigenvalue weighted by Gasteiger charge is 2.44. The molecule has 0 radical (unpaired) electrons. The Balaban J connectivity index is 1.25. The molecule has 254 valence electrons. The van der Waals surface area contributed by atoms with Crippen LogP contribution in [-0.2, 0) is 26.6 Å². The second-order valence-electron chi connectivity index (χ2n) is 14.6. The first-order chi connectivity index (χ1) is 22.6. The number of amides is 1. The number of anilines is 1. The molecule has 2 aliphatic carbocycles. The number of hydrogen-bond donors (Lipinski definition) is 1. The zero-order valence-corrected chi connectivity index (χ0v) is 29.2. The molecule has 1 saturated carbocycles. The lowest BCUT2D eigenvalue weighted by Crippen LogP contribution is -2.50. The van der Waals surface area contributed by atoms with E-state index in [1.807, 2.05) is 25.1 Å². The molecule has 3 aliphatic heterocycles.